The van der Waals surface area contributed by atoms with Gasteiger partial charge >= 0.3 is 0 Å². The normalized spacial score (nSPS) is 37.5. The number of likely N-dealkylation sites (N-methyl/N-ethyl adjacent to an activating group) is 1. The van der Waals surface area contributed by atoms with Crippen molar-refractivity contribution in [3.8, 4) is 5.75 Å². The number of primary amides is 1. The lowest BCUT2D eigenvalue weighted by molar-refractivity contribution is -0.186. The fourth-order valence-electron chi connectivity index (χ4n) is 5.88. The second kappa shape index (κ2) is 6.89. The molecule has 0 saturated carbocycles. The summed E-state index contributed by atoms with van der Waals surface area (Å²) in [7, 11) is 2.87. The molecule has 1 amide bonds. The van der Waals surface area contributed by atoms with Gasteiger partial charge in [-0.05, 0) is 39.6 Å². The van der Waals surface area contributed by atoms with Crippen LogP contribution in [0.25, 0.3) is 0 Å². The van der Waals surface area contributed by atoms with E-state index >= 15 is 0 Å². The third-order valence-corrected chi connectivity index (χ3v) is 7.80. The zero-order valence-corrected chi connectivity index (χ0v) is 18.9. The smallest absolute Gasteiger partial charge is 0.255 e. The number of Topliss-reactive ketones (excluding diaryl/α,β-unsaturated/α-hetero) is 2. The van der Waals surface area contributed by atoms with Gasteiger partial charge in [-0.2, -0.15) is 0 Å². The first-order chi connectivity index (χ1) is 15.6. The van der Waals surface area contributed by atoms with Gasteiger partial charge in [-0.3, -0.25) is 19.3 Å². The highest BCUT2D eigenvalue weighted by Gasteiger charge is 2.72. The summed E-state index contributed by atoms with van der Waals surface area (Å²) in [5.74, 6) is -9.79. The molecule has 1 aromatic carbocycles. The summed E-state index contributed by atoms with van der Waals surface area (Å²) in [6.45, 7) is 2.57. The molecule has 11 heteroatoms. The van der Waals surface area contributed by atoms with Crippen molar-refractivity contribution in [3.05, 3.63) is 52.0 Å². The molecule has 0 spiro atoms. The monoisotopic (exact) mass is 474 g/mol. The van der Waals surface area contributed by atoms with E-state index in [1.165, 1.54) is 51.0 Å². The molecule has 0 fully saturated rings. The molecule has 0 bridgehead atoms. The quantitative estimate of drug-likeness (QED) is 0.265. The molecule has 34 heavy (non-hydrogen) atoms. The minimum absolute atomic E-state index is 0.0326. The third kappa shape index (κ3) is 2.47. The number of hydrogen-bond acceptors (Lipinski definition) is 10. The Labute approximate surface area is 194 Å². The van der Waals surface area contributed by atoms with Gasteiger partial charge in [-0.1, -0.05) is 12.1 Å². The van der Waals surface area contributed by atoms with Crippen LogP contribution >= 0.6 is 0 Å². The number of hydrogen-bond donors (Lipinski definition) is 7. The van der Waals surface area contributed by atoms with E-state index in [-0.39, 0.29) is 11.1 Å². The van der Waals surface area contributed by atoms with E-state index in [2.05, 4.69) is 0 Å². The first-order valence-corrected chi connectivity index (χ1v) is 10.5. The van der Waals surface area contributed by atoms with Gasteiger partial charge in [0.25, 0.3) is 5.91 Å². The molecule has 3 aliphatic carbocycles. The summed E-state index contributed by atoms with van der Waals surface area (Å²) in [5, 5.41) is 67.3. The molecule has 0 aliphatic heterocycles. The summed E-state index contributed by atoms with van der Waals surface area (Å²) in [5.41, 5.74) is -3.76. The van der Waals surface area contributed by atoms with Crippen LogP contribution < -0.4 is 5.73 Å². The van der Waals surface area contributed by atoms with Gasteiger partial charge in [0.2, 0.25) is 5.78 Å². The Bertz CT molecular complexity index is 1230. The average molecular weight is 474 g/mol. The lowest BCUT2D eigenvalue weighted by Gasteiger charge is -2.58. The number of carbonyl (C=O) groups is 3. The van der Waals surface area contributed by atoms with Crippen molar-refractivity contribution in [1.82, 2.24) is 4.90 Å². The molecule has 8 N–H and O–H groups in total. The van der Waals surface area contributed by atoms with Crippen molar-refractivity contribution in [2.75, 3.05) is 14.1 Å². The summed E-state index contributed by atoms with van der Waals surface area (Å²) < 4.78 is 0. The van der Waals surface area contributed by atoms with Crippen LogP contribution in [0.4, 0.5) is 0 Å². The summed E-state index contributed by atoms with van der Waals surface area (Å²) >= 11 is 0. The number of aromatic hydroxyl groups is 1. The first kappa shape index (κ1) is 23.9. The first-order valence-electron chi connectivity index (χ1n) is 10.5. The largest absolute Gasteiger partial charge is 0.509 e. The Hall–Kier alpha value is -3.25. The van der Waals surface area contributed by atoms with E-state index < -0.39 is 80.6 Å². The van der Waals surface area contributed by atoms with Crippen LogP contribution in [0.15, 0.2) is 40.9 Å². The molecule has 0 aromatic heterocycles. The van der Waals surface area contributed by atoms with Crippen LogP contribution in [0, 0.1) is 11.8 Å². The number of rotatable bonds is 2. The molecule has 6 atom stereocenters. The number of nitrogens with zero attached hydrogens (tertiary/aromatic N) is 1. The maximum absolute atomic E-state index is 13.4. The van der Waals surface area contributed by atoms with Gasteiger partial charge in [0.05, 0.1) is 40.2 Å². The zero-order valence-electron chi connectivity index (χ0n) is 18.9. The van der Waals surface area contributed by atoms with E-state index in [0.717, 1.165) is 0 Å². The lowest BCUT2D eigenvalue weighted by Crippen LogP contribution is -2.73. The van der Waals surface area contributed by atoms with Crippen molar-refractivity contribution in [1.29, 1.82) is 0 Å². The zero-order chi connectivity index (χ0) is 25.7. The number of amides is 1. The molecule has 0 saturated heterocycles. The van der Waals surface area contributed by atoms with E-state index in [1.54, 1.807) is 0 Å². The highest BCUT2D eigenvalue weighted by molar-refractivity contribution is 6.25. The number of phenols is 1. The van der Waals surface area contributed by atoms with Crippen LogP contribution in [0.1, 0.15) is 29.8 Å². The highest BCUT2D eigenvalue weighted by atomic mass is 16.4. The van der Waals surface area contributed by atoms with Crippen LogP contribution in [0.5, 0.6) is 5.75 Å². The summed E-state index contributed by atoms with van der Waals surface area (Å²) in [6.07, 6.45) is -1.90. The number of fused-ring (bicyclic) bond motifs is 3. The van der Waals surface area contributed by atoms with Crippen molar-refractivity contribution in [2.24, 2.45) is 17.6 Å². The molecular weight excluding hydrogens is 448 g/mol. The van der Waals surface area contributed by atoms with Crippen LogP contribution in [0.3, 0.4) is 0 Å². The predicted molar refractivity (Wildman–Crippen MR) is 116 cm³/mol. The Balaban J connectivity index is 2.15. The molecular formula is C23H26N2O9. The number of nitrogens with two attached hydrogens (primary N) is 1. The summed E-state index contributed by atoms with van der Waals surface area (Å²) in [4.78, 5) is 40.2. The van der Waals surface area contributed by atoms with Crippen LogP contribution in [-0.4, -0.2) is 84.4 Å². The van der Waals surface area contributed by atoms with Crippen molar-refractivity contribution in [2.45, 2.75) is 36.7 Å². The van der Waals surface area contributed by atoms with E-state index in [0.29, 0.717) is 0 Å². The minimum atomic E-state index is -3.06. The second-order valence-corrected chi connectivity index (χ2v) is 9.61. The number of aliphatic hydroxyl groups excluding tert-OH is 3. The van der Waals surface area contributed by atoms with Gasteiger partial charge in [-0.25, -0.2) is 0 Å². The molecule has 0 heterocycles. The summed E-state index contributed by atoms with van der Waals surface area (Å²) in [6, 6.07) is 3.94. The van der Waals surface area contributed by atoms with Crippen LogP contribution in [-0.2, 0) is 15.2 Å². The number of aliphatic hydroxyl groups is 5. The number of carbonyl (C=O) groups excluding carboxylic acids is 3. The molecule has 4 rings (SSSR count). The van der Waals surface area contributed by atoms with Crippen molar-refractivity contribution >= 4 is 17.5 Å². The van der Waals surface area contributed by atoms with Crippen molar-refractivity contribution in [3.63, 3.8) is 0 Å². The van der Waals surface area contributed by atoms with Gasteiger partial charge in [0.1, 0.15) is 22.8 Å². The standard InChI is InChI=1S/C23H26N2O9/c1-21(25(3)4)16-15(28)13-11(14(27)10-8(22(13,2)33)6-5-7-9(10)26)18(30)23(16,34)19(31)12(17(21)29)20(24)32/h5-7,13,15-16,26,28-30,33-34H,1-4H3,(H2,24,32)/t13?,15?,16?,21-,22?,23?/m0/s1. The van der Waals surface area contributed by atoms with Gasteiger partial charge < -0.3 is 36.4 Å². The maximum Gasteiger partial charge on any atom is 0.255 e. The van der Waals surface area contributed by atoms with Gasteiger partial charge in [0.15, 0.2) is 11.4 Å². The number of phenolic OH excluding ortho intramolecular Hbond substituents is 1. The fraction of sp³-hybridized carbons (Fsp3) is 0.435. The number of ketones is 2. The Kier molecular flexibility index (Phi) is 4.84. The topological polar surface area (TPSA) is 202 Å². The molecule has 182 valence electrons. The van der Waals surface area contributed by atoms with Gasteiger partial charge in [0, 0.05) is 0 Å². The number of benzene rings is 1. The Morgan fingerprint density at radius 2 is 1.65 bits per heavy atom. The minimum Gasteiger partial charge on any atom is -0.509 e. The fourth-order valence-corrected chi connectivity index (χ4v) is 5.88. The van der Waals surface area contributed by atoms with E-state index in [4.69, 9.17) is 5.73 Å². The molecule has 1 aromatic rings. The highest BCUT2D eigenvalue weighted by Crippen LogP contribution is 2.58. The Morgan fingerprint density at radius 3 is 2.18 bits per heavy atom. The van der Waals surface area contributed by atoms with Gasteiger partial charge in [-0.15, -0.1) is 0 Å². The molecule has 0 radical (unpaired) electrons. The van der Waals surface area contributed by atoms with E-state index in [1.807, 2.05) is 0 Å². The van der Waals surface area contributed by atoms with Crippen LogP contribution in [0.2, 0.25) is 0 Å². The lowest BCUT2D eigenvalue weighted by atomic mass is 9.51. The second-order valence-electron chi connectivity index (χ2n) is 9.61. The molecule has 3 aliphatic rings. The van der Waals surface area contributed by atoms with Crippen molar-refractivity contribution < 1.29 is 45.0 Å². The average Bonchev–Trinajstić information content (AvgIpc) is 2.73. The third-order valence-electron chi connectivity index (χ3n) is 7.80. The molecule has 5 unspecified atom stereocenters. The van der Waals surface area contributed by atoms with E-state index in [9.17, 15) is 45.0 Å². The Morgan fingerprint density at radius 1 is 1.06 bits per heavy atom. The maximum atomic E-state index is 13.4. The molecule has 11 nitrogen and oxygen atoms in total. The predicted octanol–water partition coefficient (Wildman–Crippen LogP) is -0.853. The SMILES string of the molecule is CN(C)[C@]1(C)C(O)=C(C(N)=O)C(=O)C2(O)C(O)=C3C(=O)c4c(O)cccc4C(C)(O)C3C(O)C21.